The highest BCUT2D eigenvalue weighted by Gasteiger charge is 2.57. The highest BCUT2D eigenvalue weighted by atomic mass is 79.9. The molecule has 1 heterocycles. The van der Waals surface area contributed by atoms with Crippen molar-refractivity contribution in [3.8, 4) is 0 Å². The number of hydrogen-bond donors (Lipinski definition) is 1. The average Bonchev–Trinajstić information content (AvgIpc) is 2.89. The molecule has 0 aromatic heterocycles. The van der Waals surface area contributed by atoms with Crippen LogP contribution in [0.25, 0.3) is 0 Å². The van der Waals surface area contributed by atoms with Crippen LogP contribution in [0.1, 0.15) is 90.2 Å². The van der Waals surface area contributed by atoms with Crippen LogP contribution in [-0.2, 0) is 40.8 Å². The first kappa shape index (κ1) is 33.6. The Morgan fingerprint density at radius 1 is 0.816 bits per heavy atom. The maximum absolute atomic E-state index is 12.4. The summed E-state index contributed by atoms with van der Waals surface area (Å²) in [5.74, 6) is -1.76. The highest BCUT2D eigenvalue weighted by molar-refractivity contribution is 9.10. The third-order valence-electron chi connectivity index (χ3n) is 6.72. The van der Waals surface area contributed by atoms with Crippen LogP contribution >= 0.6 is 15.9 Å². The Balaban J connectivity index is 2.54. The first-order valence-electron chi connectivity index (χ1n) is 14.6. The van der Waals surface area contributed by atoms with Crippen molar-refractivity contribution in [1.82, 2.24) is 0 Å². The minimum absolute atomic E-state index is 0.299. The molecule has 8 heteroatoms. The summed E-state index contributed by atoms with van der Waals surface area (Å²) >= 11 is 3.61. The van der Waals surface area contributed by atoms with E-state index in [1.54, 1.807) is 7.11 Å². The molecule has 1 aliphatic heterocycles. The maximum atomic E-state index is 12.4. The molecule has 1 aromatic carbocycles. The lowest BCUT2D eigenvalue weighted by Gasteiger charge is -2.50. The highest BCUT2D eigenvalue weighted by Crippen LogP contribution is 2.42. The summed E-state index contributed by atoms with van der Waals surface area (Å²) in [6, 6.07) is 5.77. The molecule has 5 atom stereocenters. The van der Waals surface area contributed by atoms with E-state index in [-0.39, 0.29) is 0 Å². The molecule has 0 spiro atoms. The minimum Gasteiger partial charge on any atom is -0.380 e. The molecule has 0 radical (unpaired) electrons. The smallest absolute Gasteiger partial charge is 0.222 e. The fraction of sp³-hybridized carbons (Fsp3) is 0.800. The number of aliphatic hydroxyl groups is 1. The standard InChI is InChI=1S/C30H51BrO7/c1-6-10-14-34-22-26-27(35-15-11-7-2)28(36-16-12-8-3)29(37-17-13-9-4)30(32,38-26)24-18-23(21-33-5)19-25(31)20-24/h18-20,26-29,32H,6-17,21-22H2,1-5H3/t26-,27-,28+,29-,30?/m1/s1. The van der Waals surface area contributed by atoms with Gasteiger partial charge in [-0.25, -0.2) is 0 Å². The molecule has 1 fully saturated rings. The first-order chi connectivity index (χ1) is 18.4. The summed E-state index contributed by atoms with van der Waals surface area (Å²) in [4.78, 5) is 0. The Labute approximate surface area is 239 Å². The first-order valence-corrected chi connectivity index (χ1v) is 15.4. The molecule has 0 amide bonds. The molecule has 1 N–H and O–H groups in total. The quantitative estimate of drug-likeness (QED) is 0.170. The molecule has 1 unspecified atom stereocenters. The van der Waals surface area contributed by atoms with Crippen molar-refractivity contribution >= 4 is 15.9 Å². The van der Waals surface area contributed by atoms with Gasteiger partial charge in [-0.2, -0.15) is 0 Å². The summed E-state index contributed by atoms with van der Waals surface area (Å²) in [6.45, 7) is 11.5. The number of halogens is 1. The molecule has 220 valence electrons. The monoisotopic (exact) mass is 602 g/mol. The van der Waals surface area contributed by atoms with Crippen LogP contribution in [-0.4, -0.2) is 69.7 Å². The fourth-order valence-electron chi connectivity index (χ4n) is 4.56. The maximum Gasteiger partial charge on any atom is 0.222 e. The molecule has 0 saturated carbocycles. The van der Waals surface area contributed by atoms with Crippen molar-refractivity contribution in [3.63, 3.8) is 0 Å². The largest absolute Gasteiger partial charge is 0.380 e. The molecular formula is C30H51BrO7. The number of rotatable bonds is 20. The van der Waals surface area contributed by atoms with Crippen LogP contribution in [0.15, 0.2) is 22.7 Å². The Morgan fingerprint density at radius 2 is 1.39 bits per heavy atom. The number of methoxy groups -OCH3 is 1. The number of benzene rings is 1. The van der Waals surface area contributed by atoms with Gasteiger partial charge in [0, 0.05) is 43.6 Å². The van der Waals surface area contributed by atoms with Gasteiger partial charge < -0.3 is 33.5 Å². The second-order valence-corrected chi connectivity index (χ2v) is 11.0. The van der Waals surface area contributed by atoms with Crippen LogP contribution in [0, 0.1) is 0 Å². The molecular weight excluding hydrogens is 552 g/mol. The second-order valence-electron chi connectivity index (χ2n) is 10.1. The lowest BCUT2D eigenvalue weighted by atomic mass is 9.87. The van der Waals surface area contributed by atoms with Gasteiger partial charge >= 0.3 is 0 Å². The minimum atomic E-state index is -1.76. The van der Waals surface area contributed by atoms with Gasteiger partial charge in [0.05, 0.1) is 13.2 Å². The van der Waals surface area contributed by atoms with Crippen LogP contribution in [0.5, 0.6) is 0 Å². The summed E-state index contributed by atoms with van der Waals surface area (Å²) < 4.78 is 38.2. The SMILES string of the molecule is CCCCOC[C@H]1OC(O)(c2cc(Br)cc(COC)c2)[C@H](OCCCC)[C@@H](OCCCC)[C@@H]1OCCCC. The molecule has 7 nitrogen and oxygen atoms in total. The predicted octanol–water partition coefficient (Wildman–Crippen LogP) is 6.51. The predicted molar refractivity (Wildman–Crippen MR) is 153 cm³/mol. The van der Waals surface area contributed by atoms with Crippen molar-refractivity contribution in [2.75, 3.05) is 40.1 Å². The van der Waals surface area contributed by atoms with Gasteiger partial charge in [0.2, 0.25) is 5.79 Å². The van der Waals surface area contributed by atoms with Crippen molar-refractivity contribution in [2.24, 2.45) is 0 Å². The van der Waals surface area contributed by atoms with Crippen LogP contribution in [0.3, 0.4) is 0 Å². The number of unbranched alkanes of at least 4 members (excludes halogenated alkanes) is 4. The summed E-state index contributed by atoms with van der Waals surface area (Å²) in [5, 5.41) is 12.4. The molecule has 0 bridgehead atoms. The van der Waals surface area contributed by atoms with E-state index in [4.69, 9.17) is 28.4 Å². The third kappa shape index (κ3) is 10.1. The third-order valence-corrected chi connectivity index (χ3v) is 7.18. The van der Waals surface area contributed by atoms with Gasteiger partial charge in [0.25, 0.3) is 0 Å². The van der Waals surface area contributed by atoms with E-state index >= 15 is 0 Å². The van der Waals surface area contributed by atoms with E-state index < -0.39 is 30.2 Å². The summed E-state index contributed by atoms with van der Waals surface area (Å²) in [5.41, 5.74) is 1.51. The topological polar surface area (TPSA) is 75.6 Å². The van der Waals surface area contributed by atoms with Crippen LogP contribution in [0.4, 0.5) is 0 Å². The van der Waals surface area contributed by atoms with Crippen molar-refractivity contribution in [3.05, 3.63) is 33.8 Å². The molecule has 2 rings (SSSR count). The zero-order chi connectivity index (χ0) is 27.8. The van der Waals surface area contributed by atoms with E-state index in [0.717, 1.165) is 61.4 Å². The van der Waals surface area contributed by atoms with Gasteiger partial charge in [-0.1, -0.05) is 69.3 Å². The molecule has 1 aromatic rings. The molecule has 38 heavy (non-hydrogen) atoms. The number of hydrogen-bond acceptors (Lipinski definition) is 7. The Hall–Kier alpha value is -0.580. The van der Waals surface area contributed by atoms with Gasteiger partial charge in [0.1, 0.15) is 24.4 Å². The van der Waals surface area contributed by atoms with Crippen molar-refractivity contribution in [1.29, 1.82) is 0 Å². The summed E-state index contributed by atoms with van der Waals surface area (Å²) in [6.07, 6.45) is 5.44. The van der Waals surface area contributed by atoms with E-state index in [1.807, 2.05) is 18.2 Å². The van der Waals surface area contributed by atoms with Crippen molar-refractivity contribution in [2.45, 2.75) is 116 Å². The van der Waals surface area contributed by atoms with E-state index in [2.05, 4.69) is 43.6 Å². The normalized spacial score (nSPS) is 25.7. The van der Waals surface area contributed by atoms with Gasteiger partial charge in [-0.15, -0.1) is 0 Å². The average molecular weight is 604 g/mol. The zero-order valence-electron chi connectivity index (χ0n) is 24.2. The Morgan fingerprint density at radius 3 is 2.00 bits per heavy atom. The van der Waals surface area contributed by atoms with Gasteiger partial charge in [-0.3, -0.25) is 0 Å². The zero-order valence-corrected chi connectivity index (χ0v) is 25.8. The van der Waals surface area contributed by atoms with E-state index in [1.165, 1.54) is 0 Å². The molecule has 1 saturated heterocycles. The lowest BCUT2D eigenvalue weighted by molar-refractivity contribution is -0.375. The molecule has 1 aliphatic rings. The van der Waals surface area contributed by atoms with Gasteiger partial charge in [-0.05, 0) is 49.4 Å². The lowest BCUT2D eigenvalue weighted by Crippen LogP contribution is -2.66. The fourth-order valence-corrected chi connectivity index (χ4v) is 5.10. The van der Waals surface area contributed by atoms with Crippen LogP contribution in [0.2, 0.25) is 0 Å². The summed E-state index contributed by atoms with van der Waals surface area (Å²) in [7, 11) is 1.66. The van der Waals surface area contributed by atoms with E-state index in [9.17, 15) is 5.11 Å². The van der Waals surface area contributed by atoms with Crippen LogP contribution < -0.4 is 0 Å². The number of ether oxygens (including phenoxy) is 6. The molecule has 0 aliphatic carbocycles. The van der Waals surface area contributed by atoms with E-state index in [0.29, 0.717) is 45.2 Å². The Kier molecular flexibility index (Phi) is 16.6. The van der Waals surface area contributed by atoms with Crippen molar-refractivity contribution < 1.29 is 33.5 Å². The Bertz CT molecular complexity index is 764. The van der Waals surface area contributed by atoms with Gasteiger partial charge in [0.15, 0.2) is 0 Å². The second kappa shape index (κ2) is 18.7.